The van der Waals surface area contributed by atoms with Gasteiger partial charge in [-0.1, -0.05) is 0 Å². The van der Waals surface area contributed by atoms with E-state index in [0.717, 1.165) is 31.6 Å². The van der Waals surface area contributed by atoms with Gasteiger partial charge in [0.15, 0.2) is 0 Å². The molecule has 2 saturated heterocycles. The number of hydrogen-bond acceptors (Lipinski definition) is 3. The van der Waals surface area contributed by atoms with Crippen molar-refractivity contribution in [1.29, 1.82) is 0 Å². The first-order valence-electron chi connectivity index (χ1n) is 6.44. The molecule has 2 aliphatic heterocycles. The Hall–Kier alpha value is -0.120. The Balaban J connectivity index is 1.47. The number of hydrogen-bond donors (Lipinski definition) is 2. The van der Waals surface area contributed by atoms with Crippen LogP contribution in [0.5, 0.6) is 0 Å². The summed E-state index contributed by atoms with van der Waals surface area (Å²) in [6.07, 6.45) is 5.35. The number of piperidine rings is 1. The third kappa shape index (κ3) is 4.09. The Bertz CT molecular complexity index is 163. The second-order valence-corrected chi connectivity index (χ2v) is 4.92. The summed E-state index contributed by atoms with van der Waals surface area (Å²) in [6.45, 7) is 6.75. The maximum atomic E-state index is 5.36. The molecule has 1 atom stereocenters. The van der Waals surface area contributed by atoms with Gasteiger partial charge in [-0.25, -0.2) is 0 Å². The van der Waals surface area contributed by atoms with Gasteiger partial charge in [-0.05, 0) is 57.2 Å². The first-order chi connectivity index (χ1) is 7.45. The quantitative estimate of drug-likeness (QED) is 0.667. The van der Waals surface area contributed by atoms with Gasteiger partial charge < -0.3 is 15.4 Å². The molecule has 3 nitrogen and oxygen atoms in total. The predicted octanol–water partition coefficient (Wildman–Crippen LogP) is 1.00. The lowest BCUT2D eigenvalue weighted by atomic mass is 9.95. The zero-order valence-corrected chi connectivity index (χ0v) is 9.63. The fraction of sp³-hybridized carbons (Fsp3) is 1.00. The first-order valence-corrected chi connectivity index (χ1v) is 6.44. The summed E-state index contributed by atoms with van der Waals surface area (Å²) in [5, 5.41) is 6.99. The lowest BCUT2D eigenvalue weighted by Crippen LogP contribution is -2.31. The van der Waals surface area contributed by atoms with Crippen LogP contribution in [0.3, 0.4) is 0 Å². The largest absolute Gasteiger partial charge is 0.381 e. The molecule has 0 bridgehead atoms. The normalized spacial score (nSPS) is 28.4. The van der Waals surface area contributed by atoms with Crippen molar-refractivity contribution in [1.82, 2.24) is 10.6 Å². The lowest BCUT2D eigenvalue weighted by molar-refractivity contribution is 0.185. The molecule has 2 fully saturated rings. The fourth-order valence-corrected chi connectivity index (χ4v) is 2.53. The highest BCUT2D eigenvalue weighted by Gasteiger charge is 2.15. The van der Waals surface area contributed by atoms with Gasteiger partial charge in [-0.2, -0.15) is 0 Å². The van der Waals surface area contributed by atoms with Crippen molar-refractivity contribution in [3.05, 3.63) is 0 Å². The van der Waals surface area contributed by atoms with E-state index >= 15 is 0 Å². The zero-order valence-electron chi connectivity index (χ0n) is 9.63. The fourth-order valence-electron chi connectivity index (χ4n) is 2.53. The number of rotatable bonds is 5. The van der Waals surface area contributed by atoms with Crippen LogP contribution in [0.1, 0.15) is 25.7 Å². The molecule has 0 spiro atoms. The maximum absolute atomic E-state index is 5.36. The van der Waals surface area contributed by atoms with Crippen LogP contribution in [-0.4, -0.2) is 39.4 Å². The smallest absolute Gasteiger partial charge is 0.0507 e. The lowest BCUT2D eigenvalue weighted by Gasteiger charge is -2.22. The summed E-state index contributed by atoms with van der Waals surface area (Å²) in [6, 6.07) is 0. The molecule has 3 heteroatoms. The minimum absolute atomic E-state index is 0.776. The van der Waals surface area contributed by atoms with Crippen LogP contribution >= 0.6 is 0 Å². The molecule has 0 aromatic rings. The van der Waals surface area contributed by atoms with E-state index in [0.29, 0.717) is 0 Å². The number of nitrogens with one attached hydrogen (secondary N) is 2. The Kier molecular flexibility index (Phi) is 4.90. The minimum Gasteiger partial charge on any atom is -0.381 e. The van der Waals surface area contributed by atoms with E-state index in [2.05, 4.69) is 10.6 Å². The van der Waals surface area contributed by atoms with E-state index in [4.69, 9.17) is 4.74 Å². The number of ether oxygens (including phenoxy) is 1. The Morgan fingerprint density at radius 3 is 2.73 bits per heavy atom. The van der Waals surface area contributed by atoms with E-state index in [9.17, 15) is 0 Å². The molecule has 0 radical (unpaired) electrons. The summed E-state index contributed by atoms with van der Waals surface area (Å²) in [7, 11) is 0. The molecule has 0 aromatic carbocycles. The van der Waals surface area contributed by atoms with Crippen molar-refractivity contribution < 1.29 is 4.74 Å². The summed E-state index contributed by atoms with van der Waals surface area (Å²) < 4.78 is 5.36. The summed E-state index contributed by atoms with van der Waals surface area (Å²) in [5.74, 6) is 1.73. The van der Waals surface area contributed by atoms with E-state index in [1.165, 1.54) is 45.3 Å². The van der Waals surface area contributed by atoms with Crippen LogP contribution in [-0.2, 0) is 4.74 Å². The van der Waals surface area contributed by atoms with Crippen LogP contribution in [0.25, 0.3) is 0 Å². The topological polar surface area (TPSA) is 33.3 Å². The highest BCUT2D eigenvalue weighted by Crippen LogP contribution is 2.15. The van der Waals surface area contributed by atoms with Crippen LogP contribution < -0.4 is 10.6 Å². The van der Waals surface area contributed by atoms with Crippen molar-refractivity contribution in [2.75, 3.05) is 39.4 Å². The summed E-state index contributed by atoms with van der Waals surface area (Å²) in [5.41, 5.74) is 0. The molecule has 2 rings (SSSR count). The molecule has 2 aliphatic rings. The van der Waals surface area contributed by atoms with E-state index in [1.54, 1.807) is 0 Å². The molecular formula is C12H24N2O. The molecule has 0 amide bonds. The molecule has 0 aromatic heterocycles. The van der Waals surface area contributed by atoms with E-state index in [-0.39, 0.29) is 0 Å². The standard InChI is InChI=1S/C12H24N2O/c1-5-13-6-2-11(1)3-7-14-9-12-4-8-15-10-12/h11-14H,1-10H2. The molecule has 15 heavy (non-hydrogen) atoms. The van der Waals surface area contributed by atoms with Gasteiger partial charge in [0.05, 0.1) is 6.61 Å². The Morgan fingerprint density at radius 2 is 2.00 bits per heavy atom. The predicted molar refractivity (Wildman–Crippen MR) is 62.0 cm³/mol. The van der Waals surface area contributed by atoms with Crippen molar-refractivity contribution >= 4 is 0 Å². The van der Waals surface area contributed by atoms with Gasteiger partial charge in [-0.3, -0.25) is 0 Å². The minimum atomic E-state index is 0.776. The molecule has 1 unspecified atom stereocenters. The monoisotopic (exact) mass is 212 g/mol. The van der Waals surface area contributed by atoms with Gasteiger partial charge in [-0.15, -0.1) is 0 Å². The van der Waals surface area contributed by atoms with E-state index < -0.39 is 0 Å². The molecule has 2 heterocycles. The first kappa shape index (κ1) is 11.4. The van der Waals surface area contributed by atoms with Crippen LogP contribution in [0, 0.1) is 11.8 Å². The maximum Gasteiger partial charge on any atom is 0.0507 e. The highest BCUT2D eigenvalue weighted by molar-refractivity contribution is 4.71. The molecular weight excluding hydrogens is 188 g/mol. The van der Waals surface area contributed by atoms with Crippen molar-refractivity contribution in [2.24, 2.45) is 11.8 Å². The Morgan fingerprint density at radius 1 is 1.13 bits per heavy atom. The van der Waals surface area contributed by atoms with Gasteiger partial charge >= 0.3 is 0 Å². The summed E-state index contributed by atoms with van der Waals surface area (Å²) in [4.78, 5) is 0. The van der Waals surface area contributed by atoms with Gasteiger partial charge in [0.1, 0.15) is 0 Å². The third-order valence-electron chi connectivity index (χ3n) is 3.65. The van der Waals surface area contributed by atoms with Gasteiger partial charge in [0, 0.05) is 13.2 Å². The van der Waals surface area contributed by atoms with Gasteiger partial charge in [0.25, 0.3) is 0 Å². The van der Waals surface area contributed by atoms with Crippen molar-refractivity contribution in [2.45, 2.75) is 25.7 Å². The second-order valence-electron chi connectivity index (χ2n) is 4.92. The average molecular weight is 212 g/mol. The molecule has 88 valence electrons. The van der Waals surface area contributed by atoms with Crippen molar-refractivity contribution in [3.8, 4) is 0 Å². The Labute approximate surface area is 93.0 Å². The van der Waals surface area contributed by atoms with Crippen LogP contribution in [0.2, 0.25) is 0 Å². The molecule has 0 saturated carbocycles. The third-order valence-corrected chi connectivity index (χ3v) is 3.65. The summed E-state index contributed by atoms with van der Waals surface area (Å²) >= 11 is 0. The average Bonchev–Trinajstić information content (AvgIpc) is 2.79. The van der Waals surface area contributed by atoms with E-state index in [1.807, 2.05) is 0 Å². The van der Waals surface area contributed by atoms with Crippen LogP contribution in [0.15, 0.2) is 0 Å². The SMILES string of the molecule is C1CC(CCNCC2CCOC2)CCN1. The van der Waals surface area contributed by atoms with Gasteiger partial charge in [0.2, 0.25) is 0 Å². The highest BCUT2D eigenvalue weighted by atomic mass is 16.5. The van der Waals surface area contributed by atoms with Crippen LogP contribution in [0.4, 0.5) is 0 Å². The second kappa shape index (κ2) is 6.46. The molecule has 0 aliphatic carbocycles. The molecule has 2 N–H and O–H groups in total. The zero-order chi connectivity index (χ0) is 10.3. The van der Waals surface area contributed by atoms with Crippen molar-refractivity contribution in [3.63, 3.8) is 0 Å².